The molecule has 1 aliphatic heterocycles. The van der Waals surface area contributed by atoms with Crippen LogP contribution in [0.1, 0.15) is 66.5 Å². The molecule has 3 heterocycles. The molecule has 2 aromatic heterocycles. The molecule has 14 N–H and O–H groups in total. The zero-order valence-corrected chi connectivity index (χ0v) is 51.7. The maximum absolute atomic E-state index is 15.2. The Kier molecular flexibility index (Phi) is 24.8. The van der Waals surface area contributed by atoms with Crippen molar-refractivity contribution in [2.75, 3.05) is 30.0 Å². The maximum atomic E-state index is 15.2. The molecule has 1 aliphatic rings. The fourth-order valence-electron chi connectivity index (χ4n) is 10.3. The molecule has 1 saturated heterocycles. The molecule has 0 radical (unpaired) electrons. The van der Waals surface area contributed by atoms with E-state index in [1.165, 1.54) is 13.8 Å². The van der Waals surface area contributed by atoms with Crippen molar-refractivity contribution in [1.82, 2.24) is 47.2 Å². The smallest absolute Gasteiger partial charge is 0.245 e. The highest BCUT2D eigenvalue weighted by molar-refractivity contribution is 8.76. The summed E-state index contributed by atoms with van der Waals surface area (Å²) >= 11 is 0. The number of rotatable bonds is 21. The lowest BCUT2D eigenvalue weighted by molar-refractivity contribution is -0.136. The molecule has 8 rings (SSSR count). The molecule has 0 bridgehead atoms. The Balaban J connectivity index is 1.13. The topological polar surface area (TPSA) is 331 Å². The summed E-state index contributed by atoms with van der Waals surface area (Å²) in [6.45, 7) is 2.32. The monoisotopic (exact) mass is 1260 g/mol. The Morgan fingerprint density at radius 3 is 2.00 bits per heavy atom. The third-order valence-corrected chi connectivity index (χ3v) is 17.8. The first kappa shape index (κ1) is 67.2. The molecule has 2 unspecified atom stereocenters. The molecule has 5 aromatic carbocycles. The van der Waals surface area contributed by atoms with Crippen LogP contribution >= 0.6 is 21.6 Å². The van der Waals surface area contributed by atoms with Gasteiger partial charge in [-0.25, -0.2) is 4.98 Å². The number of aromatic amines is 1. The van der Waals surface area contributed by atoms with Gasteiger partial charge in [0.2, 0.25) is 41.4 Å². The van der Waals surface area contributed by atoms with Crippen LogP contribution in [0.3, 0.4) is 0 Å². The lowest BCUT2D eigenvalue weighted by Gasteiger charge is -2.29. The number of unbranched alkanes of at least 4 members (excludes halogenated alkanes) is 1. The van der Waals surface area contributed by atoms with Crippen molar-refractivity contribution in [3.05, 3.63) is 179 Å². The predicted octanol–water partition coefficient (Wildman–Crippen LogP) is 3.47. The molecule has 0 saturated carbocycles. The number of amides is 7. The lowest BCUT2D eigenvalue weighted by atomic mass is 10.0. The van der Waals surface area contributed by atoms with Crippen LogP contribution in [0.2, 0.25) is 0 Å². The van der Waals surface area contributed by atoms with E-state index in [1.54, 1.807) is 48.7 Å². The number of nitrogens with one attached hydrogen (secondary N) is 9. The minimum absolute atomic E-state index is 0.0202. The number of nitrogens with zero attached hydrogens (tertiary/aromatic N) is 1. The van der Waals surface area contributed by atoms with E-state index in [2.05, 4.69) is 59.5 Å². The molecular formula is C67H77N11O10S2. The number of carbonyl (C=O) groups is 7. The van der Waals surface area contributed by atoms with Gasteiger partial charge in [0.15, 0.2) is 0 Å². The molecule has 0 spiro atoms. The van der Waals surface area contributed by atoms with Crippen molar-refractivity contribution in [2.45, 2.75) is 119 Å². The molecule has 7 amide bonds. The van der Waals surface area contributed by atoms with E-state index >= 15 is 9.59 Å². The van der Waals surface area contributed by atoms with Gasteiger partial charge in [0, 0.05) is 65.4 Å². The number of carbonyl (C=O) groups excluding carboxylic acids is 7. The molecule has 23 heteroatoms. The zero-order chi connectivity index (χ0) is 64.1. The van der Waals surface area contributed by atoms with E-state index in [9.17, 15) is 39.3 Å². The minimum atomic E-state index is -1.72. The Morgan fingerprint density at radius 1 is 0.700 bits per heavy atom. The highest BCUT2D eigenvalue weighted by Crippen LogP contribution is 2.27. The average Bonchev–Trinajstić information content (AvgIpc) is 3.28. The Morgan fingerprint density at radius 2 is 1.32 bits per heavy atom. The summed E-state index contributed by atoms with van der Waals surface area (Å²) in [4.78, 5) is 111. The largest absolute Gasteiger partial charge is 0.394 e. The van der Waals surface area contributed by atoms with E-state index in [4.69, 9.17) is 17.1 Å². The number of aliphatic hydroxyl groups excluding tert-OH is 3. The van der Waals surface area contributed by atoms with E-state index in [1.807, 2.05) is 91.0 Å². The molecule has 10 atom stereocenters. The van der Waals surface area contributed by atoms with Crippen LogP contribution in [-0.4, -0.2) is 152 Å². The Labute approximate surface area is 530 Å². The number of aromatic nitrogens is 2. The third-order valence-electron chi connectivity index (χ3n) is 15.4. The van der Waals surface area contributed by atoms with Gasteiger partial charge in [0.1, 0.15) is 42.1 Å². The third kappa shape index (κ3) is 19.1. The van der Waals surface area contributed by atoms with Gasteiger partial charge in [-0.1, -0.05) is 137 Å². The summed E-state index contributed by atoms with van der Waals surface area (Å²) in [7, 11) is 2.05. The lowest BCUT2D eigenvalue weighted by Crippen LogP contribution is -2.62. The molecule has 21 nitrogen and oxygen atoms in total. The van der Waals surface area contributed by atoms with Crippen molar-refractivity contribution in [1.29, 1.82) is 0 Å². The Hall–Kier alpha value is -8.76. The van der Waals surface area contributed by atoms with Gasteiger partial charge < -0.3 is 68.6 Å². The number of terminal acetylenes is 1. The number of para-hydroxylation sites is 1. The summed E-state index contributed by atoms with van der Waals surface area (Å²) in [6, 6.07) is 31.9. The second-order valence-electron chi connectivity index (χ2n) is 22.3. The minimum Gasteiger partial charge on any atom is -0.394 e. The molecular weight excluding hydrogens is 1180 g/mol. The van der Waals surface area contributed by atoms with Crippen molar-refractivity contribution < 1.29 is 48.9 Å². The van der Waals surface area contributed by atoms with Crippen molar-refractivity contribution in [3.63, 3.8) is 0 Å². The second kappa shape index (κ2) is 33.2. The van der Waals surface area contributed by atoms with Gasteiger partial charge in [-0.2, -0.15) is 0 Å². The predicted molar refractivity (Wildman–Crippen MR) is 350 cm³/mol. The first-order chi connectivity index (χ1) is 43.5. The second-order valence-corrected chi connectivity index (χ2v) is 24.9. The van der Waals surface area contributed by atoms with Gasteiger partial charge >= 0.3 is 0 Å². The van der Waals surface area contributed by atoms with Gasteiger partial charge in [0.05, 0.1) is 36.4 Å². The summed E-state index contributed by atoms with van der Waals surface area (Å²) in [5.41, 5.74) is 12.7. The van der Waals surface area contributed by atoms with Gasteiger partial charge in [-0.3, -0.25) is 33.6 Å². The van der Waals surface area contributed by atoms with E-state index in [0.717, 1.165) is 60.1 Å². The molecule has 7 aromatic rings. The van der Waals surface area contributed by atoms with Gasteiger partial charge in [-0.05, 0) is 97.7 Å². The van der Waals surface area contributed by atoms with Gasteiger partial charge in [-0.15, -0.1) is 6.42 Å². The standard InChI is InChI=1S/C67H77N11O10S2/c1-4-42-27-28-51-46(30-42)34-47(31-43-18-8-5-9-19-43)60(71-51)69-29-17-16-26-53-62(83)78-59(41(3)81)67(88)77-58(66(87)75-56(37-79)40(2)80)39-90-89-38-57(76-61(82)50(68)32-44-20-10-6-11-21-44)65(86)73-54(33-45-22-12-7-13-23-45)63(84)74-55(64(85)72-53)35-48-36-70-52-25-15-14-24-49(48)52/h1,5-15,18-25,27-28,30,34,36,40-41,50,53-59,70,79-81H,16-17,26,29,31-33,35,37-39,68H2,2-3H3,(H,69,71)(H,72,85)(H,73,86)(H,74,84)(H,75,87)(H,76,82)(H,77,88)(H,78,83)/t40?,41-,50-,53+,54+,55-,56?,57+,58+,59+/m1/s1. The first-order valence-corrected chi connectivity index (χ1v) is 32.4. The summed E-state index contributed by atoms with van der Waals surface area (Å²) in [6.07, 6.45) is 5.88. The van der Waals surface area contributed by atoms with E-state index in [-0.39, 0.29) is 37.2 Å². The SMILES string of the molecule is C#Cc1ccc2nc(NCCCC[C@@H]3NC(=O)[C@@H](Cc4c[nH]c5ccccc45)NC(=O)[C@H](Cc4ccccc4)NC(=O)[C@@H](NC(=O)[C@H](N)Cc4ccccc4)CSSC[C@@H](C(=O)NC(CO)C(C)O)NC(=O)[C@H]([C@@H](C)O)NC3=O)c(Cc3ccccc3)cc2c1. The summed E-state index contributed by atoms with van der Waals surface area (Å²) in [5.74, 6) is -2.83. The Bertz CT molecular complexity index is 3630. The zero-order valence-electron chi connectivity index (χ0n) is 50.0. The number of fused-ring (bicyclic) bond motifs is 2. The molecule has 90 heavy (non-hydrogen) atoms. The van der Waals surface area contributed by atoms with Crippen LogP contribution in [0, 0.1) is 12.3 Å². The van der Waals surface area contributed by atoms with Crippen LogP contribution in [0.25, 0.3) is 21.8 Å². The number of aliphatic hydroxyl groups is 3. The fraction of sp³-hybridized carbons (Fsp3) is 0.343. The quantitative estimate of drug-likeness (QED) is 0.0278. The normalized spacial score (nSPS) is 20.3. The average molecular weight is 1260 g/mol. The van der Waals surface area contributed by atoms with E-state index in [0.29, 0.717) is 48.3 Å². The number of pyridine rings is 1. The van der Waals surface area contributed by atoms with Crippen molar-refractivity contribution >= 4 is 90.6 Å². The molecule has 1 fully saturated rings. The summed E-state index contributed by atoms with van der Waals surface area (Å²) < 4.78 is 0. The number of nitrogens with two attached hydrogens (primary N) is 1. The van der Waals surface area contributed by atoms with Crippen LogP contribution in [0.5, 0.6) is 0 Å². The maximum Gasteiger partial charge on any atom is 0.245 e. The number of H-pyrrole nitrogens is 1. The van der Waals surface area contributed by atoms with Crippen LogP contribution in [0.15, 0.2) is 146 Å². The van der Waals surface area contributed by atoms with Crippen molar-refractivity contribution in [2.24, 2.45) is 5.73 Å². The molecule has 0 aliphatic carbocycles. The van der Waals surface area contributed by atoms with E-state index < -0.39 is 108 Å². The van der Waals surface area contributed by atoms with Crippen LogP contribution in [0.4, 0.5) is 5.82 Å². The van der Waals surface area contributed by atoms with Crippen molar-refractivity contribution in [3.8, 4) is 12.3 Å². The fourth-order valence-corrected chi connectivity index (χ4v) is 12.7. The number of anilines is 1. The number of benzene rings is 5. The first-order valence-electron chi connectivity index (χ1n) is 29.9. The highest BCUT2D eigenvalue weighted by atomic mass is 33.1. The van der Waals surface area contributed by atoms with Crippen LogP contribution < -0.4 is 48.3 Å². The number of hydrogen-bond donors (Lipinski definition) is 13. The highest BCUT2D eigenvalue weighted by Gasteiger charge is 2.37. The number of hydrogen-bond acceptors (Lipinski definition) is 15. The van der Waals surface area contributed by atoms with Crippen LogP contribution in [-0.2, 0) is 59.2 Å². The molecule has 472 valence electrons. The summed E-state index contributed by atoms with van der Waals surface area (Å²) in [5, 5.41) is 55.9. The van der Waals surface area contributed by atoms with Gasteiger partial charge in [0.25, 0.3) is 0 Å².